The third kappa shape index (κ3) is 9.01. The van der Waals surface area contributed by atoms with Crippen LogP contribution < -0.4 is 4.90 Å². The summed E-state index contributed by atoms with van der Waals surface area (Å²) < 4.78 is 63.6. The lowest BCUT2D eigenvalue weighted by Crippen LogP contribution is -2.52. The van der Waals surface area contributed by atoms with Gasteiger partial charge in [-0.25, -0.2) is 9.69 Å². The van der Waals surface area contributed by atoms with E-state index in [1.54, 1.807) is 0 Å². The van der Waals surface area contributed by atoms with Crippen LogP contribution >= 0.6 is 0 Å². The maximum absolute atomic E-state index is 13.5. The predicted octanol–water partition coefficient (Wildman–Crippen LogP) is 6.29. The Balaban J connectivity index is 0.893. The molecule has 49 heavy (non-hydrogen) atoms. The molecule has 0 radical (unpaired) electrons. The first-order valence-corrected chi connectivity index (χ1v) is 17.5. The number of Topliss-reactive ketones (excluding diaryl/α,β-unsaturated/α-hetero) is 1. The van der Waals surface area contributed by atoms with Crippen molar-refractivity contribution in [3.8, 4) is 6.07 Å². The summed E-state index contributed by atoms with van der Waals surface area (Å²) in [6.45, 7) is 6.51. The lowest BCUT2D eigenvalue weighted by Gasteiger charge is -2.56. The summed E-state index contributed by atoms with van der Waals surface area (Å²) in [5.74, 6) is 1.90. The van der Waals surface area contributed by atoms with E-state index >= 15 is 0 Å². The summed E-state index contributed by atoms with van der Waals surface area (Å²) in [6.07, 6.45) is 4.36. The van der Waals surface area contributed by atoms with E-state index in [2.05, 4.69) is 0 Å². The highest BCUT2D eigenvalue weighted by Gasteiger charge is 2.53. The normalized spacial score (nSPS) is 25.8. The van der Waals surface area contributed by atoms with Gasteiger partial charge in [0.15, 0.2) is 0 Å². The van der Waals surface area contributed by atoms with Gasteiger partial charge in [-0.3, -0.25) is 9.59 Å². The fourth-order valence-corrected chi connectivity index (χ4v) is 8.44. The molecule has 1 aromatic carbocycles. The molecule has 4 bridgehead atoms. The molecule has 1 heterocycles. The quantitative estimate of drug-likeness (QED) is 0.123. The molecular weight excluding hydrogens is 643 g/mol. The highest BCUT2D eigenvalue weighted by atomic mass is 19.4. The number of amides is 3. The lowest BCUT2D eigenvalue weighted by molar-refractivity contribution is -0.169. The maximum atomic E-state index is 13.5. The van der Waals surface area contributed by atoms with Crippen molar-refractivity contribution in [2.45, 2.75) is 95.4 Å². The van der Waals surface area contributed by atoms with Crippen molar-refractivity contribution in [2.24, 2.45) is 17.8 Å². The van der Waals surface area contributed by atoms with E-state index in [4.69, 9.17) is 24.2 Å². The van der Waals surface area contributed by atoms with Crippen LogP contribution in [0.3, 0.4) is 0 Å². The smallest absolute Gasteiger partial charge is 0.379 e. The first-order chi connectivity index (χ1) is 23.3. The molecule has 5 aliphatic rings. The topological polar surface area (TPSA) is 118 Å². The molecule has 270 valence electrons. The number of hydrogen-bond acceptors (Lipinski definition) is 8. The standard InChI is InChI=1S/C36H48F3N3O7/c1-34(2)32(44)42(29-8-7-28(24-40)31(20-29)36(37,38)39)33(45)41(34)9-3-5-30(43)6-4-10-46-11-12-47-13-14-48-15-16-49-35-21-25-17-26(22-35)19-27(18-25)23-35/h7-8,20,25-27H,3-6,9-19,21-23H2,1-2H3. The van der Waals surface area contributed by atoms with Crippen molar-refractivity contribution >= 4 is 23.4 Å². The molecule has 0 unspecified atom stereocenters. The number of carbonyl (C=O) groups excluding carboxylic acids is 3. The van der Waals surface area contributed by atoms with E-state index in [0.717, 1.165) is 29.9 Å². The number of urea groups is 1. The zero-order chi connectivity index (χ0) is 35.2. The minimum atomic E-state index is -4.83. The van der Waals surface area contributed by atoms with Gasteiger partial charge in [-0.15, -0.1) is 0 Å². The molecule has 1 aliphatic heterocycles. The fourth-order valence-electron chi connectivity index (χ4n) is 8.44. The average molecular weight is 692 g/mol. The fraction of sp³-hybridized carbons (Fsp3) is 0.722. The Morgan fingerprint density at radius 3 is 2.00 bits per heavy atom. The van der Waals surface area contributed by atoms with Crippen LogP contribution in [0.15, 0.2) is 18.2 Å². The number of rotatable bonds is 19. The molecule has 1 aromatic rings. The Morgan fingerprint density at radius 2 is 1.43 bits per heavy atom. The third-order valence-electron chi connectivity index (χ3n) is 10.5. The Labute approximate surface area is 286 Å². The van der Waals surface area contributed by atoms with Crippen LogP contribution in [0.5, 0.6) is 0 Å². The summed E-state index contributed by atoms with van der Waals surface area (Å²) in [4.78, 5) is 40.7. The molecule has 13 heteroatoms. The Kier molecular flexibility index (Phi) is 12.1. The molecule has 4 aliphatic carbocycles. The zero-order valence-electron chi connectivity index (χ0n) is 28.5. The number of ether oxygens (including phenoxy) is 4. The van der Waals surface area contributed by atoms with Crippen LogP contribution in [-0.2, 0) is 34.7 Å². The molecular formula is C36H48F3N3O7. The van der Waals surface area contributed by atoms with Gasteiger partial charge < -0.3 is 23.8 Å². The first-order valence-electron chi connectivity index (χ1n) is 17.5. The summed E-state index contributed by atoms with van der Waals surface area (Å²) in [5, 5.41) is 9.06. The number of nitriles is 1. The van der Waals surface area contributed by atoms with Crippen LogP contribution in [0.2, 0.25) is 0 Å². The Hall–Kier alpha value is -3.05. The molecule has 10 nitrogen and oxygen atoms in total. The second kappa shape index (κ2) is 15.9. The molecule has 0 atom stereocenters. The molecule has 0 N–H and O–H groups in total. The predicted molar refractivity (Wildman–Crippen MR) is 173 cm³/mol. The second-order valence-corrected chi connectivity index (χ2v) is 14.5. The number of halogens is 3. The van der Waals surface area contributed by atoms with Crippen molar-refractivity contribution in [3.05, 3.63) is 29.3 Å². The van der Waals surface area contributed by atoms with Crippen LogP contribution in [0.1, 0.15) is 89.2 Å². The minimum Gasteiger partial charge on any atom is -0.379 e. The highest BCUT2D eigenvalue weighted by molar-refractivity contribution is 6.23. The molecule has 1 saturated heterocycles. The first kappa shape index (κ1) is 37.2. The summed E-state index contributed by atoms with van der Waals surface area (Å²) >= 11 is 0. The van der Waals surface area contributed by atoms with E-state index in [9.17, 15) is 27.6 Å². The van der Waals surface area contributed by atoms with Crippen LogP contribution in [0, 0.1) is 29.1 Å². The minimum absolute atomic E-state index is 0.0151. The van der Waals surface area contributed by atoms with Gasteiger partial charge in [-0.1, -0.05) is 0 Å². The van der Waals surface area contributed by atoms with E-state index in [-0.39, 0.29) is 30.0 Å². The molecule has 0 spiro atoms. The van der Waals surface area contributed by atoms with Gasteiger partial charge in [-0.2, -0.15) is 18.4 Å². The third-order valence-corrected chi connectivity index (χ3v) is 10.5. The number of nitrogens with zero attached hydrogens (tertiary/aromatic N) is 3. The highest BCUT2D eigenvalue weighted by Crippen LogP contribution is 2.57. The SMILES string of the molecule is CC1(C)C(=O)N(c2ccc(C#N)c(C(F)(F)F)c2)C(=O)N1CCCC(=O)CCCOCCOCCOCCOC12CC3CC(CC(C3)C1)C2. The van der Waals surface area contributed by atoms with E-state index in [1.165, 1.54) is 63.3 Å². The number of carbonyl (C=O) groups is 3. The van der Waals surface area contributed by atoms with E-state index in [1.807, 2.05) is 0 Å². The van der Waals surface area contributed by atoms with Gasteiger partial charge in [-0.05, 0) is 101 Å². The summed E-state index contributed by atoms with van der Waals surface area (Å²) in [5.41, 5.74) is -3.30. The summed E-state index contributed by atoms with van der Waals surface area (Å²) in [6, 6.07) is 3.44. The van der Waals surface area contributed by atoms with Gasteiger partial charge in [0.05, 0.1) is 68.1 Å². The molecule has 3 amide bonds. The molecule has 0 aromatic heterocycles. The van der Waals surface area contributed by atoms with Gasteiger partial charge >= 0.3 is 12.2 Å². The zero-order valence-corrected chi connectivity index (χ0v) is 28.5. The van der Waals surface area contributed by atoms with Gasteiger partial charge in [0.2, 0.25) is 0 Å². The number of benzene rings is 1. The number of anilines is 1. The maximum Gasteiger partial charge on any atom is 0.417 e. The number of imide groups is 1. The Bertz CT molecular complexity index is 1360. The second-order valence-electron chi connectivity index (χ2n) is 14.5. The largest absolute Gasteiger partial charge is 0.417 e. The molecule has 4 saturated carbocycles. The average Bonchev–Trinajstić information content (AvgIpc) is 3.20. The molecule has 6 rings (SSSR count). The van der Waals surface area contributed by atoms with Crippen molar-refractivity contribution < 1.29 is 46.5 Å². The van der Waals surface area contributed by atoms with Crippen LogP contribution in [0.4, 0.5) is 23.7 Å². The summed E-state index contributed by atoms with van der Waals surface area (Å²) in [7, 11) is 0. The lowest BCUT2D eigenvalue weighted by atomic mass is 9.54. The number of ketones is 1. The number of hydrogen-bond donors (Lipinski definition) is 0. The monoisotopic (exact) mass is 691 g/mol. The van der Waals surface area contributed by atoms with E-state index < -0.39 is 34.8 Å². The molecule has 5 fully saturated rings. The number of alkyl halides is 3. The van der Waals surface area contributed by atoms with Crippen LogP contribution in [-0.4, -0.2) is 86.6 Å². The van der Waals surface area contributed by atoms with E-state index in [0.29, 0.717) is 76.5 Å². The van der Waals surface area contributed by atoms with Crippen molar-refractivity contribution in [2.75, 3.05) is 57.7 Å². The van der Waals surface area contributed by atoms with Crippen molar-refractivity contribution in [1.82, 2.24) is 4.90 Å². The Morgan fingerprint density at radius 1 is 0.878 bits per heavy atom. The van der Waals surface area contributed by atoms with Crippen LogP contribution in [0.25, 0.3) is 0 Å². The van der Waals surface area contributed by atoms with Crippen molar-refractivity contribution in [3.63, 3.8) is 0 Å². The van der Waals surface area contributed by atoms with Gasteiger partial charge in [0.1, 0.15) is 11.3 Å². The van der Waals surface area contributed by atoms with Gasteiger partial charge in [0, 0.05) is 26.0 Å². The van der Waals surface area contributed by atoms with Gasteiger partial charge in [0.25, 0.3) is 5.91 Å². The van der Waals surface area contributed by atoms with Crippen molar-refractivity contribution in [1.29, 1.82) is 5.26 Å².